The minimum Gasteiger partial charge on any atom is -0.534 e. The maximum atomic E-state index is 14.7. The summed E-state index contributed by atoms with van der Waals surface area (Å²) in [5.74, 6) is -13.2. The monoisotopic (exact) mass is 808 g/mol. The van der Waals surface area contributed by atoms with Crippen molar-refractivity contribution in [3.05, 3.63) is 75.3 Å². The number of nitrogens with zero attached hydrogens (tertiary/aromatic N) is 3. The zero-order valence-electron chi connectivity index (χ0n) is 28.6. The second-order valence-electron chi connectivity index (χ2n) is 12.9. The van der Waals surface area contributed by atoms with E-state index in [1.807, 2.05) is 0 Å². The SMILES string of the molecule is O=C(O)c1c(F)ccc2c1OB(O)C(NC(=O)C(NC(=O)N1CCN(C3CCN(C(=O)Nc4c(F)ccc(O)c4F)CC3)C1=O)c1cc(F)c(O)c(O)c1Cl)C2. The molecule has 56 heavy (non-hydrogen) atoms. The van der Waals surface area contributed by atoms with E-state index in [1.165, 1.54) is 9.80 Å². The van der Waals surface area contributed by atoms with Crippen LogP contribution in [0.5, 0.6) is 23.0 Å². The maximum Gasteiger partial charge on any atom is 0.547 e. The number of halogens is 5. The molecule has 296 valence electrons. The third-order valence-electron chi connectivity index (χ3n) is 9.57. The van der Waals surface area contributed by atoms with Crippen LogP contribution in [0.4, 0.5) is 37.6 Å². The van der Waals surface area contributed by atoms with E-state index in [9.17, 15) is 67.0 Å². The first-order chi connectivity index (χ1) is 26.5. The van der Waals surface area contributed by atoms with Gasteiger partial charge in [0.15, 0.2) is 28.9 Å². The molecule has 7 amide bonds. The summed E-state index contributed by atoms with van der Waals surface area (Å²) in [6.07, 6.45) is 0.0414. The molecule has 0 radical (unpaired) electrons. The molecule has 2 fully saturated rings. The number of benzene rings is 3. The Balaban J connectivity index is 1.15. The van der Waals surface area contributed by atoms with E-state index < -0.39 is 123 Å². The number of hydrogen-bond donors (Lipinski definition) is 8. The number of amides is 7. The number of carbonyl (C=O) groups is 5. The molecule has 2 saturated heterocycles. The minimum absolute atomic E-state index is 0.000977. The van der Waals surface area contributed by atoms with Gasteiger partial charge in [-0.25, -0.2) is 41.6 Å². The lowest BCUT2D eigenvalue weighted by Gasteiger charge is -2.36. The number of fused-ring (bicyclic) bond motifs is 1. The van der Waals surface area contributed by atoms with E-state index >= 15 is 0 Å². The van der Waals surface area contributed by atoms with Gasteiger partial charge in [0.2, 0.25) is 5.91 Å². The van der Waals surface area contributed by atoms with Crippen LogP contribution in [-0.4, -0.2) is 115 Å². The predicted molar refractivity (Wildman–Crippen MR) is 184 cm³/mol. The molecule has 6 rings (SSSR count). The first-order valence-electron chi connectivity index (χ1n) is 16.7. The Bertz CT molecular complexity index is 2150. The van der Waals surface area contributed by atoms with E-state index in [1.54, 1.807) is 0 Å². The Morgan fingerprint density at radius 1 is 0.911 bits per heavy atom. The highest BCUT2D eigenvalue weighted by Crippen LogP contribution is 2.41. The number of urea groups is 3. The summed E-state index contributed by atoms with van der Waals surface area (Å²) < 4.78 is 62.4. The number of imide groups is 1. The summed E-state index contributed by atoms with van der Waals surface area (Å²) in [5.41, 5.74) is -2.23. The maximum absolute atomic E-state index is 14.7. The van der Waals surface area contributed by atoms with E-state index in [-0.39, 0.29) is 51.0 Å². The van der Waals surface area contributed by atoms with Crippen LogP contribution < -0.4 is 20.6 Å². The van der Waals surface area contributed by atoms with E-state index in [2.05, 4.69) is 16.0 Å². The summed E-state index contributed by atoms with van der Waals surface area (Å²) in [4.78, 5) is 68.5. The number of phenols is 3. The van der Waals surface area contributed by atoms with Crippen molar-refractivity contribution < 1.29 is 71.6 Å². The highest BCUT2D eigenvalue weighted by molar-refractivity contribution is 6.47. The molecule has 3 aliphatic heterocycles. The summed E-state index contributed by atoms with van der Waals surface area (Å²) in [6.45, 7) is -0.163. The summed E-state index contributed by atoms with van der Waals surface area (Å²) >= 11 is 6.17. The van der Waals surface area contributed by atoms with Crippen LogP contribution in [0.3, 0.4) is 0 Å². The molecule has 17 nitrogen and oxygen atoms in total. The number of carbonyl (C=O) groups excluding carboxylic acids is 4. The average Bonchev–Trinajstić information content (AvgIpc) is 3.55. The summed E-state index contributed by atoms with van der Waals surface area (Å²) in [6, 6.07) is -1.31. The van der Waals surface area contributed by atoms with Crippen molar-refractivity contribution in [1.29, 1.82) is 0 Å². The number of anilines is 1. The van der Waals surface area contributed by atoms with Gasteiger partial charge in [0, 0.05) is 37.8 Å². The Labute approximate surface area is 318 Å². The molecule has 2 atom stereocenters. The Kier molecular flexibility index (Phi) is 11.0. The number of aromatic hydroxyl groups is 3. The van der Waals surface area contributed by atoms with Crippen LogP contribution in [0.1, 0.15) is 40.4 Å². The molecule has 23 heteroatoms. The molecule has 8 N–H and O–H groups in total. The number of hydrogen-bond acceptors (Lipinski definition) is 10. The number of piperidine rings is 1. The molecule has 3 aliphatic rings. The first kappa shape index (κ1) is 39.5. The van der Waals surface area contributed by atoms with Gasteiger partial charge in [-0.05, 0) is 49.1 Å². The molecule has 0 aromatic heterocycles. The Morgan fingerprint density at radius 2 is 1.59 bits per heavy atom. The van der Waals surface area contributed by atoms with Gasteiger partial charge in [-0.2, -0.15) is 0 Å². The lowest BCUT2D eigenvalue weighted by atomic mass is 9.72. The Morgan fingerprint density at radius 3 is 2.27 bits per heavy atom. The summed E-state index contributed by atoms with van der Waals surface area (Å²) in [7, 11) is -1.97. The molecule has 3 heterocycles. The van der Waals surface area contributed by atoms with Crippen molar-refractivity contribution in [2.24, 2.45) is 0 Å². The molecule has 3 aromatic carbocycles. The van der Waals surface area contributed by atoms with Crippen molar-refractivity contribution in [3.63, 3.8) is 0 Å². The van der Waals surface area contributed by atoms with Gasteiger partial charge in [0.1, 0.15) is 34.7 Å². The fourth-order valence-corrected chi connectivity index (χ4v) is 6.90. The number of carboxylic acid groups (broad SMARTS) is 1. The van der Waals surface area contributed by atoms with Gasteiger partial charge in [0.05, 0.1) is 11.0 Å². The largest absolute Gasteiger partial charge is 0.547 e. The number of nitrogens with one attached hydrogen (secondary N) is 3. The molecule has 0 spiro atoms. The smallest absolute Gasteiger partial charge is 0.534 e. The highest BCUT2D eigenvalue weighted by atomic mass is 35.5. The molecule has 0 saturated carbocycles. The van der Waals surface area contributed by atoms with Gasteiger partial charge < -0.3 is 55.9 Å². The average molecular weight is 809 g/mol. The standard InChI is InChI=1S/C33H30BClF4N6O11/c35-22-15(12-18(38)26(47)27(22)48)24(29(49)40-20-11-13-1-2-16(36)21(30(50)51)28(13)56-34(20)55)41-32(53)45-10-9-44(33(45)54)14-5-7-43(8-6-14)31(52)42-25-17(37)3-4-19(46)23(25)39/h1-4,12,14,20,24,46-48,55H,5-11H2,(H,40,49)(H,41,53)(H,42,52)(H,50,51). The first-order valence-corrected chi connectivity index (χ1v) is 17.1. The lowest BCUT2D eigenvalue weighted by molar-refractivity contribution is -0.123. The molecule has 2 unspecified atom stereocenters. The van der Waals surface area contributed by atoms with Gasteiger partial charge in [-0.3, -0.25) is 4.79 Å². The van der Waals surface area contributed by atoms with Crippen molar-refractivity contribution in [1.82, 2.24) is 25.3 Å². The third kappa shape index (κ3) is 7.43. The fraction of sp³-hybridized carbons (Fsp3) is 0.303. The van der Waals surface area contributed by atoms with Crippen LogP contribution in [0, 0.1) is 23.3 Å². The van der Waals surface area contributed by atoms with Gasteiger partial charge >= 0.3 is 31.2 Å². The second-order valence-corrected chi connectivity index (χ2v) is 13.3. The number of carboxylic acids is 1. The van der Waals surface area contributed by atoms with Crippen LogP contribution in [0.15, 0.2) is 30.3 Å². The lowest BCUT2D eigenvalue weighted by Crippen LogP contribution is -2.56. The van der Waals surface area contributed by atoms with Crippen molar-refractivity contribution in [3.8, 4) is 23.0 Å². The highest BCUT2D eigenvalue weighted by Gasteiger charge is 2.43. The van der Waals surface area contributed by atoms with Crippen molar-refractivity contribution in [2.75, 3.05) is 31.5 Å². The Hall–Kier alpha value is -6.16. The fourth-order valence-electron chi connectivity index (χ4n) is 6.65. The molecule has 3 aromatic rings. The van der Waals surface area contributed by atoms with Gasteiger partial charge in [-0.1, -0.05) is 17.7 Å². The zero-order chi connectivity index (χ0) is 40.7. The van der Waals surface area contributed by atoms with Crippen LogP contribution in [-0.2, 0) is 11.2 Å². The molecule has 0 bridgehead atoms. The van der Waals surface area contributed by atoms with Crippen molar-refractivity contribution >= 4 is 54.4 Å². The van der Waals surface area contributed by atoms with Crippen LogP contribution >= 0.6 is 11.6 Å². The molecular weight excluding hydrogens is 779 g/mol. The summed E-state index contributed by atoms with van der Waals surface area (Å²) in [5, 5.41) is 55.6. The zero-order valence-corrected chi connectivity index (χ0v) is 29.3. The number of aromatic carboxylic acids is 1. The minimum atomic E-state index is -2.02. The van der Waals surface area contributed by atoms with E-state index in [4.69, 9.17) is 16.3 Å². The quantitative estimate of drug-likeness (QED) is 0.0981. The predicted octanol–water partition coefficient (Wildman–Crippen LogP) is 3.04. The second kappa shape index (κ2) is 15.5. The van der Waals surface area contributed by atoms with Crippen LogP contribution in [0.25, 0.3) is 0 Å². The van der Waals surface area contributed by atoms with Gasteiger partial charge in [0.25, 0.3) is 0 Å². The van der Waals surface area contributed by atoms with E-state index in [0.29, 0.717) is 11.0 Å². The normalized spacial score (nSPS) is 17.6. The van der Waals surface area contributed by atoms with Crippen molar-refractivity contribution in [2.45, 2.75) is 37.3 Å². The number of rotatable bonds is 7. The van der Waals surface area contributed by atoms with E-state index in [0.717, 1.165) is 24.3 Å². The number of phenolic OH excluding ortho intramolecular Hbond substituents is 3. The molecular formula is C33H30BClF4N6O11. The third-order valence-corrected chi connectivity index (χ3v) is 9.97. The number of likely N-dealkylation sites (tertiary alicyclic amines) is 1. The molecule has 0 aliphatic carbocycles. The topological polar surface area (TPSA) is 242 Å². The van der Waals surface area contributed by atoms with Crippen LogP contribution in [0.2, 0.25) is 5.02 Å². The van der Waals surface area contributed by atoms with Gasteiger partial charge in [-0.15, -0.1) is 0 Å².